The Balaban J connectivity index is 2.02. The number of H-pyrrole nitrogens is 1. The molecule has 0 bridgehead atoms. The molecule has 0 aliphatic carbocycles. The van der Waals surface area contributed by atoms with Crippen LogP contribution in [0.4, 0.5) is 0 Å². The van der Waals surface area contributed by atoms with Gasteiger partial charge in [0.15, 0.2) is 0 Å². The minimum Gasteiger partial charge on any atom is -0.488 e. The van der Waals surface area contributed by atoms with Crippen molar-refractivity contribution in [2.45, 2.75) is 46.4 Å². The van der Waals surface area contributed by atoms with Crippen molar-refractivity contribution in [3.8, 4) is 5.75 Å². The van der Waals surface area contributed by atoms with Crippen molar-refractivity contribution in [2.75, 3.05) is 0 Å². The fourth-order valence-electron chi connectivity index (χ4n) is 1.94. The number of aromatic amines is 1. The molecule has 0 aliphatic rings. The Morgan fingerprint density at radius 2 is 2.05 bits per heavy atom. The molecule has 2 N–H and O–H groups in total. The Morgan fingerprint density at radius 3 is 2.70 bits per heavy atom. The number of benzene rings is 1. The first-order valence-corrected chi connectivity index (χ1v) is 6.91. The summed E-state index contributed by atoms with van der Waals surface area (Å²) in [7, 11) is 0. The van der Waals surface area contributed by atoms with Crippen LogP contribution in [-0.2, 0) is 13.1 Å². The summed E-state index contributed by atoms with van der Waals surface area (Å²) in [4.78, 5) is 7.27. The second-order valence-electron chi connectivity index (χ2n) is 5.97. The molecule has 0 saturated carbocycles. The fraction of sp³-hybridized carbons (Fsp3) is 0.438. The number of rotatable bonds is 5. The van der Waals surface area contributed by atoms with E-state index in [4.69, 9.17) is 4.74 Å². The van der Waals surface area contributed by atoms with Crippen LogP contribution in [0.2, 0.25) is 0 Å². The lowest BCUT2D eigenvalue weighted by molar-refractivity contribution is 0.129. The average molecular weight is 273 g/mol. The van der Waals surface area contributed by atoms with Crippen LogP contribution < -0.4 is 10.1 Å². The summed E-state index contributed by atoms with van der Waals surface area (Å²) >= 11 is 0. The maximum atomic E-state index is 6.04. The molecular weight excluding hydrogens is 250 g/mol. The topological polar surface area (TPSA) is 49.9 Å². The molecule has 0 unspecified atom stereocenters. The molecule has 2 rings (SSSR count). The summed E-state index contributed by atoms with van der Waals surface area (Å²) in [5.74, 6) is 1.89. The van der Waals surface area contributed by atoms with Gasteiger partial charge in [-0.3, -0.25) is 0 Å². The van der Waals surface area contributed by atoms with Crippen molar-refractivity contribution in [1.82, 2.24) is 15.3 Å². The normalized spacial score (nSPS) is 11.6. The summed E-state index contributed by atoms with van der Waals surface area (Å²) < 4.78 is 6.04. The summed E-state index contributed by atoms with van der Waals surface area (Å²) in [6.45, 7) is 9.75. The number of imidazole rings is 1. The van der Waals surface area contributed by atoms with Crippen molar-refractivity contribution >= 4 is 0 Å². The van der Waals surface area contributed by atoms with Gasteiger partial charge in [-0.2, -0.15) is 0 Å². The molecule has 1 aromatic carbocycles. The molecule has 0 spiro atoms. The van der Waals surface area contributed by atoms with Crippen molar-refractivity contribution in [2.24, 2.45) is 0 Å². The van der Waals surface area contributed by atoms with Gasteiger partial charge in [0, 0.05) is 24.5 Å². The van der Waals surface area contributed by atoms with E-state index in [1.165, 1.54) is 5.56 Å². The third kappa shape index (κ3) is 4.38. The highest BCUT2D eigenvalue weighted by molar-refractivity contribution is 5.37. The summed E-state index contributed by atoms with van der Waals surface area (Å²) in [6.07, 6.45) is 3.59. The number of aryl methyl sites for hydroxylation is 1. The van der Waals surface area contributed by atoms with E-state index in [2.05, 4.69) is 61.2 Å². The first-order valence-electron chi connectivity index (χ1n) is 6.91. The minimum absolute atomic E-state index is 0.191. The van der Waals surface area contributed by atoms with Crippen LogP contribution in [0.5, 0.6) is 5.75 Å². The molecule has 1 aromatic heterocycles. The predicted octanol–water partition coefficient (Wildman–Crippen LogP) is 3.19. The van der Waals surface area contributed by atoms with E-state index in [1.807, 2.05) is 6.20 Å². The first kappa shape index (κ1) is 14.6. The Kier molecular flexibility index (Phi) is 4.45. The zero-order valence-corrected chi connectivity index (χ0v) is 12.7. The molecule has 0 radical (unpaired) electrons. The standard InChI is InChI=1S/C16H23N3O/c1-12-5-6-13(14(9-12)20-16(2,3)4)10-17-11-15-18-7-8-19-15/h5-9,17H,10-11H2,1-4H3,(H,18,19). The maximum absolute atomic E-state index is 6.04. The fourth-order valence-corrected chi connectivity index (χ4v) is 1.94. The van der Waals surface area contributed by atoms with E-state index in [0.717, 1.165) is 30.2 Å². The zero-order chi connectivity index (χ0) is 14.6. The van der Waals surface area contributed by atoms with Crippen LogP contribution in [-0.4, -0.2) is 15.6 Å². The lowest BCUT2D eigenvalue weighted by Crippen LogP contribution is -2.24. The SMILES string of the molecule is Cc1ccc(CNCc2ncc[nH]2)c(OC(C)(C)C)c1. The average Bonchev–Trinajstić information content (AvgIpc) is 2.83. The lowest BCUT2D eigenvalue weighted by Gasteiger charge is -2.23. The van der Waals surface area contributed by atoms with Gasteiger partial charge in [0.25, 0.3) is 0 Å². The molecule has 0 fully saturated rings. The largest absolute Gasteiger partial charge is 0.488 e. The van der Waals surface area contributed by atoms with E-state index in [-0.39, 0.29) is 5.60 Å². The van der Waals surface area contributed by atoms with Crippen LogP contribution in [0.3, 0.4) is 0 Å². The lowest BCUT2D eigenvalue weighted by atomic mass is 10.1. The summed E-state index contributed by atoms with van der Waals surface area (Å²) in [6, 6.07) is 6.32. The third-order valence-electron chi connectivity index (χ3n) is 2.80. The Morgan fingerprint density at radius 1 is 1.25 bits per heavy atom. The van der Waals surface area contributed by atoms with Gasteiger partial charge in [-0.25, -0.2) is 4.98 Å². The highest BCUT2D eigenvalue weighted by Crippen LogP contribution is 2.24. The Labute approximate surface area is 120 Å². The van der Waals surface area contributed by atoms with Crippen LogP contribution in [0.25, 0.3) is 0 Å². The van der Waals surface area contributed by atoms with Crippen molar-refractivity contribution in [3.05, 3.63) is 47.5 Å². The monoisotopic (exact) mass is 273 g/mol. The van der Waals surface area contributed by atoms with E-state index >= 15 is 0 Å². The maximum Gasteiger partial charge on any atom is 0.124 e. The first-order chi connectivity index (χ1) is 9.44. The van der Waals surface area contributed by atoms with Crippen LogP contribution >= 0.6 is 0 Å². The van der Waals surface area contributed by atoms with Gasteiger partial charge in [-0.05, 0) is 39.3 Å². The number of nitrogens with zero attached hydrogens (tertiary/aromatic N) is 1. The molecule has 0 aliphatic heterocycles. The minimum atomic E-state index is -0.191. The molecule has 0 amide bonds. The van der Waals surface area contributed by atoms with Gasteiger partial charge in [0.05, 0.1) is 6.54 Å². The molecule has 4 heteroatoms. The Hall–Kier alpha value is -1.81. The molecule has 0 saturated heterocycles. The van der Waals surface area contributed by atoms with E-state index in [9.17, 15) is 0 Å². The number of aromatic nitrogens is 2. The molecule has 20 heavy (non-hydrogen) atoms. The van der Waals surface area contributed by atoms with Gasteiger partial charge in [0.2, 0.25) is 0 Å². The van der Waals surface area contributed by atoms with Gasteiger partial charge in [-0.15, -0.1) is 0 Å². The zero-order valence-electron chi connectivity index (χ0n) is 12.7. The van der Waals surface area contributed by atoms with Gasteiger partial charge < -0.3 is 15.0 Å². The van der Waals surface area contributed by atoms with Crippen LogP contribution in [0.1, 0.15) is 37.7 Å². The van der Waals surface area contributed by atoms with Gasteiger partial charge in [-0.1, -0.05) is 12.1 Å². The second-order valence-corrected chi connectivity index (χ2v) is 5.97. The molecule has 4 nitrogen and oxygen atoms in total. The van der Waals surface area contributed by atoms with Gasteiger partial charge in [0.1, 0.15) is 17.2 Å². The Bertz CT molecular complexity index is 541. The second kappa shape index (κ2) is 6.09. The molecule has 1 heterocycles. The van der Waals surface area contributed by atoms with Crippen molar-refractivity contribution < 1.29 is 4.74 Å². The van der Waals surface area contributed by atoms with E-state index in [1.54, 1.807) is 6.20 Å². The van der Waals surface area contributed by atoms with E-state index in [0.29, 0.717) is 0 Å². The van der Waals surface area contributed by atoms with Crippen molar-refractivity contribution in [1.29, 1.82) is 0 Å². The highest BCUT2D eigenvalue weighted by Gasteiger charge is 2.14. The number of hydrogen-bond acceptors (Lipinski definition) is 3. The number of hydrogen-bond donors (Lipinski definition) is 2. The molecule has 0 atom stereocenters. The van der Waals surface area contributed by atoms with Crippen LogP contribution in [0, 0.1) is 6.92 Å². The van der Waals surface area contributed by atoms with Crippen molar-refractivity contribution in [3.63, 3.8) is 0 Å². The molecule has 2 aromatic rings. The number of nitrogens with one attached hydrogen (secondary N) is 2. The molecule has 108 valence electrons. The number of ether oxygens (including phenoxy) is 1. The predicted molar refractivity (Wildman–Crippen MR) is 80.7 cm³/mol. The van der Waals surface area contributed by atoms with Gasteiger partial charge >= 0.3 is 0 Å². The highest BCUT2D eigenvalue weighted by atomic mass is 16.5. The van der Waals surface area contributed by atoms with Crippen LogP contribution in [0.15, 0.2) is 30.6 Å². The summed E-state index contributed by atoms with van der Waals surface area (Å²) in [5, 5.41) is 3.38. The third-order valence-corrected chi connectivity index (χ3v) is 2.80. The molecular formula is C16H23N3O. The smallest absolute Gasteiger partial charge is 0.124 e. The summed E-state index contributed by atoms with van der Waals surface area (Å²) in [5.41, 5.74) is 2.18. The van der Waals surface area contributed by atoms with E-state index < -0.39 is 0 Å². The quantitative estimate of drug-likeness (QED) is 0.879.